The maximum Gasteiger partial charge on any atom is 0.169 e. The Balaban J connectivity index is 1.89. The first-order valence-electron chi connectivity index (χ1n) is 6.87. The zero-order chi connectivity index (χ0) is 13.2. The van der Waals surface area contributed by atoms with Crippen LogP contribution in [0.5, 0.6) is 0 Å². The molecule has 1 saturated carbocycles. The highest BCUT2D eigenvalue weighted by Gasteiger charge is 2.22. The molecule has 1 aliphatic carbocycles. The summed E-state index contributed by atoms with van der Waals surface area (Å²) >= 11 is 1.78. The number of rotatable bonds is 3. The van der Waals surface area contributed by atoms with E-state index in [9.17, 15) is 4.79 Å². The van der Waals surface area contributed by atoms with Gasteiger partial charge in [0.2, 0.25) is 0 Å². The van der Waals surface area contributed by atoms with Gasteiger partial charge < -0.3 is 0 Å². The van der Waals surface area contributed by atoms with Gasteiger partial charge >= 0.3 is 0 Å². The van der Waals surface area contributed by atoms with Crippen LogP contribution in [0.2, 0.25) is 0 Å². The molecule has 4 heteroatoms. The molecule has 0 N–H and O–H groups in total. The molecule has 0 bridgehead atoms. The van der Waals surface area contributed by atoms with Crippen molar-refractivity contribution < 1.29 is 4.79 Å². The molecule has 0 saturated heterocycles. The molecule has 100 valence electrons. The van der Waals surface area contributed by atoms with E-state index in [0.717, 1.165) is 22.9 Å². The average molecular weight is 274 g/mol. The molecule has 3 rings (SSSR count). The molecule has 3 nitrogen and oxygen atoms in total. The van der Waals surface area contributed by atoms with Crippen molar-refractivity contribution in [3.8, 4) is 0 Å². The second-order valence-electron chi connectivity index (χ2n) is 5.36. The molecule has 1 fully saturated rings. The summed E-state index contributed by atoms with van der Waals surface area (Å²) in [4.78, 5) is 15.9. The van der Waals surface area contributed by atoms with Gasteiger partial charge in [-0.25, -0.2) is 4.98 Å². The standard InChI is InChI=1S/C15H18N2OS/c1-11-5-4-6-12(9-11)19-15-13(10-18)17-8-3-2-7-14(17)16-15/h2-3,7-8,10-12H,4-6,9H2,1H3. The van der Waals surface area contributed by atoms with Crippen molar-refractivity contribution in [1.82, 2.24) is 9.38 Å². The number of fused-ring (bicyclic) bond motifs is 1. The molecule has 1 aliphatic rings. The van der Waals surface area contributed by atoms with Crippen LogP contribution in [0.4, 0.5) is 0 Å². The smallest absolute Gasteiger partial charge is 0.169 e. The van der Waals surface area contributed by atoms with Crippen LogP contribution in [0.25, 0.3) is 5.65 Å². The van der Waals surface area contributed by atoms with Crippen LogP contribution in [-0.4, -0.2) is 20.9 Å². The molecule has 0 radical (unpaired) electrons. The molecule has 0 aromatic carbocycles. The third-order valence-corrected chi connectivity index (χ3v) is 5.10. The quantitative estimate of drug-likeness (QED) is 0.798. The van der Waals surface area contributed by atoms with E-state index in [0.29, 0.717) is 10.9 Å². The normalized spacial score (nSPS) is 23.6. The number of carbonyl (C=O) groups excluding carboxylic acids is 1. The Labute approximate surface area is 117 Å². The van der Waals surface area contributed by atoms with Gasteiger partial charge in [0.15, 0.2) is 6.29 Å². The van der Waals surface area contributed by atoms with Gasteiger partial charge in [-0.1, -0.05) is 25.8 Å². The lowest BCUT2D eigenvalue weighted by Gasteiger charge is -2.25. The van der Waals surface area contributed by atoms with Crippen molar-refractivity contribution in [2.24, 2.45) is 5.92 Å². The van der Waals surface area contributed by atoms with Crippen LogP contribution < -0.4 is 0 Å². The van der Waals surface area contributed by atoms with E-state index in [2.05, 4.69) is 11.9 Å². The summed E-state index contributed by atoms with van der Waals surface area (Å²) in [5.41, 5.74) is 1.55. The molecule has 2 aromatic heterocycles. The lowest BCUT2D eigenvalue weighted by atomic mass is 9.91. The van der Waals surface area contributed by atoms with E-state index < -0.39 is 0 Å². The highest BCUT2D eigenvalue weighted by Crippen LogP contribution is 2.36. The first-order chi connectivity index (χ1) is 9.28. The third kappa shape index (κ3) is 2.54. The minimum atomic E-state index is 0.604. The van der Waals surface area contributed by atoms with E-state index in [4.69, 9.17) is 0 Å². The van der Waals surface area contributed by atoms with Gasteiger partial charge in [-0.3, -0.25) is 9.20 Å². The van der Waals surface area contributed by atoms with E-state index in [-0.39, 0.29) is 0 Å². The van der Waals surface area contributed by atoms with E-state index in [1.807, 2.05) is 28.8 Å². The Morgan fingerprint density at radius 3 is 3.11 bits per heavy atom. The number of hydrogen-bond donors (Lipinski definition) is 0. The zero-order valence-corrected chi connectivity index (χ0v) is 11.9. The summed E-state index contributed by atoms with van der Waals surface area (Å²) in [5.74, 6) is 0.794. The second kappa shape index (κ2) is 5.37. The number of imidazole rings is 1. The van der Waals surface area contributed by atoms with Crippen LogP contribution in [-0.2, 0) is 0 Å². The second-order valence-corrected chi connectivity index (χ2v) is 6.65. The van der Waals surface area contributed by atoms with Crippen LogP contribution >= 0.6 is 11.8 Å². The number of hydrogen-bond acceptors (Lipinski definition) is 3. The van der Waals surface area contributed by atoms with Gasteiger partial charge in [0.1, 0.15) is 16.4 Å². The first-order valence-corrected chi connectivity index (χ1v) is 7.75. The summed E-state index contributed by atoms with van der Waals surface area (Å²) in [6, 6.07) is 5.83. The largest absolute Gasteiger partial charge is 0.296 e. The molecule has 19 heavy (non-hydrogen) atoms. The Morgan fingerprint density at radius 1 is 1.42 bits per heavy atom. The molecule has 2 aromatic rings. The zero-order valence-electron chi connectivity index (χ0n) is 11.1. The predicted octanol–water partition coefficient (Wildman–Crippen LogP) is 3.82. The highest BCUT2D eigenvalue weighted by molar-refractivity contribution is 7.99. The number of carbonyl (C=O) groups is 1. The minimum Gasteiger partial charge on any atom is -0.296 e. The average Bonchev–Trinajstić information content (AvgIpc) is 2.75. The lowest BCUT2D eigenvalue weighted by Crippen LogP contribution is -2.15. The molecular formula is C15H18N2OS. The van der Waals surface area contributed by atoms with E-state index in [1.165, 1.54) is 25.7 Å². The Kier molecular flexibility index (Phi) is 3.60. The highest BCUT2D eigenvalue weighted by atomic mass is 32.2. The SMILES string of the molecule is CC1CCCC(Sc2nc3ccccn3c2C=O)C1. The number of nitrogens with zero attached hydrogens (tertiary/aromatic N) is 2. The number of thioether (sulfide) groups is 1. The summed E-state index contributed by atoms with van der Waals surface area (Å²) in [6.45, 7) is 2.32. The van der Waals surface area contributed by atoms with Gasteiger partial charge in [-0.05, 0) is 30.9 Å². The van der Waals surface area contributed by atoms with Crippen molar-refractivity contribution in [3.05, 3.63) is 30.1 Å². The molecule has 2 unspecified atom stereocenters. The summed E-state index contributed by atoms with van der Waals surface area (Å²) in [7, 11) is 0. The molecule has 0 aliphatic heterocycles. The van der Waals surface area contributed by atoms with Crippen LogP contribution in [0.3, 0.4) is 0 Å². The minimum absolute atomic E-state index is 0.604. The topological polar surface area (TPSA) is 34.4 Å². The Hall–Kier alpha value is -1.29. The third-order valence-electron chi connectivity index (χ3n) is 3.81. The van der Waals surface area contributed by atoms with Crippen molar-refractivity contribution in [2.45, 2.75) is 42.9 Å². The summed E-state index contributed by atoms with van der Waals surface area (Å²) in [6.07, 6.45) is 7.93. The number of aldehydes is 1. The monoisotopic (exact) mass is 274 g/mol. The molecule has 2 atom stereocenters. The number of aromatic nitrogens is 2. The van der Waals surface area contributed by atoms with Gasteiger partial charge in [-0.15, -0.1) is 11.8 Å². The van der Waals surface area contributed by atoms with Crippen molar-refractivity contribution in [3.63, 3.8) is 0 Å². The lowest BCUT2D eigenvalue weighted by molar-refractivity contribution is 0.111. The van der Waals surface area contributed by atoms with Crippen LogP contribution in [0, 0.1) is 5.92 Å². The molecular weight excluding hydrogens is 256 g/mol. The van der Waals surface area contributed by atoms with Gasteiger partial charge in [0.25, 0.3) is 0 Å². The summed E-state index contributed by atoms with van der Waals surface area (Å²) in [5, 5.41) is 1.49. The van der Waals surface area contributed by atoms with Crippen molar-refractivity contribution in [1.29, 1.82) is 0 Å². The Bertz CT molecular complexity index is 593. The van der Waals surface area contributed by atoms with Gasteiger partial charge in [-0.2, -0.15) is 0 Å². The maximum atomic E-state index is 11.3. The van der Waals surface area contributed by atoms with Crippen LogP contribution in [0.15, 0.2) is 29.4 Å². The Morgan fingerprint density at radius 2 is 2.32 bits per heavy atom. The molecule has 2 heterocycles. The van der Waals surface area contributed by atoms with Crippen LogP contribution in [0.1, 0.15) is 43.1 Å². The fourth-order valence-electron chi connectivity index (χ4n) is 2.83. The van der Waals surface area contributed by atoms with E-state index >= 15 is 0 Å². The maximum absolute atomic E-state index is 11.3. The number of pyridine rings is 1. The molecule has 0 amide bonds. The first kappa shape index (κ1) is 12.7. The molecule has 0 spiro atoms. The fraction of sp³-hybridized carbons (Fsp3) is 0.467. The fourth-order valence-corrected chi connectivity index (χ4v) is 4.27. The predicted molar refractivity (Wildman–Crippen MR) is 77.9 cm³/mol. The van der Waals surface area contributed by atoms with Gasteiger partial charge in [0.05, 0.1) is 0 Å². The van der Waals surface area contributed by atoms with E-state index in [1.54, 1.807) is 11.8 Å². The van der Waals surface area contributed by atoms with Crippen molar-refractivity contribution >= 4 is 23.7 Å². The summed E-state index contributed by atoms with van der Waals surface area (Å²) < 4.78 is 1.88. The van der Waals surface area contributed by atoms with Crippen molar-refractivity contribution in [2.75, 3.05) is 0 Å². The van der Waals surface area contributed by atoms with Gasteiger partial charge in [0, 0.05) is 11.4 Å².